The molecule has 1 heterocycles. The van der Waals surface area contributed by atoms with Gasteiger partial charge in [0.1, 0.15) is 24.0 Å². The molecule has 0 spiro atoms. The van der Waals surface area contributed by atoms with Crippen molar-refractivity contribution in [1.82, 2.24) is 19.7 Å². The van der Waals surface area contributed by atoms with Gasteiger partial charge in [0.05, 0.1) is 12.5 Å². The summed E-state index contributed by atoms with van der Waals surface area (Å²) in [5.41, 5.74) is 1.04. The topological polar surface area (TPSA) is 60.2 Å². The molecule has 0 aliphatic carbocycles. The van der Waals surface area contributed by atoms with Crippen LogP contribution in [0.25, 0.3) is 0 Å². The van der Waals surface area contributed by atoms with E-state index in [0.29, 0.717) is 26.2 Å². The van der Waals surface area contributed by atoms with Crippen molar-refractivity contribution >= 4 is 5.91 Å². The number of nitrogens with zero attached hydrogens (tertiary/aromatic N) is 4. The lowest BCUT2D eigenvalue weighted by Gasteiger charge is -2.25. The molecule has 0 aliphatic rings. The maximum atomic E-state index is 12.9. The van der Waals surface area contributed by atoms with Gasteiger partial charge < -0.3 is 9.64 Å². The maximum Gasteiger partial charge on any atom is 0.227 e. The van der Waals surface area contributed by atoms with Crippen LogP contribution >= 0.6 is 0 Å². The molecule has 0 bridgehead atoms. The van der Waals surface area contributed by atoms with Crippen molar-refractivity contribution in [2.75, 3.05) is 13.2 Å². The minimum Gasteiger partial charge on any atom is -0.490 e. The van der Waals surface area contributed by atoms with Gasteiger partial charge in [-0.3, -0.25) is 4.79 Å². The smallest absolute Gasteiger partial charge is 0.227 e. The highest BCUT2D eigenvalue weighted by molar-refractivity contribution is 5.78. The Kier molecular flexibility index (Phi) is 6.95. The van der Waals surface area contributed by atoms with Crippen LogP contribution in [-0.4, -0.2) is 38.7 Å². The third-order valence-electron chi connectivity index (χ3n) is 4.16. The van der Waals surface area contributed by atoms with Crippen molar-refractivity contribution in [1.29, 1.82) is 0 Å². The summed E-state index contributed by atoms with van der Waals surface area (Å²) >= 11 is 0. The van der Waals surface area contributed by atoms with E-state index in [4.69, 9.17) is 4.74 Å². The lowest BCUT2D eigenvalue weighted by molar-refractivity contribution is -0.135. The summed E-state index contributed by atoms with van der Waals surface area (Å²) < 4.78 is 7.37. The lowest BCUT2D eigenvalue weighted by Crippen LogP contribution is -2.36. The van der Waals surface area contributed by atoms with Gasteiger partial charge in [0.2, 0.25) is 5.91 Å². The minimum absolute atomic E-state index is 0.109. The van der Waals surface area contributed by atoms with Crippen LogP contribution < -0.4 is 4.74 Å². The van der Waals surface area contributed by atoms with Crippen molar-refractivity contribution < 1.29 is 9.53 Å². The van der Waals surface area contributed by atoms with Crippen molar-refractivity contribution in [3.8, 4) is 5.75 Å². The van der Waals surface area contributed by atoms with E-state index in [1.807, 2.05) is 56.9 Å². The minimum atomic E-state index is -0.171. The molecule has 140 valence electrons. The summed E-state index contributed by atoms with van der Waals surface area (Å²) in [5, 5.41) is 4.35. The number of aromatic nitrogens is 3. The molecule has 0 radical (unpaired) electrons. The van der Waals surface area contributed by atoms with Gasteiger partial charge in [-0.1, -0.05) is 31.7 Å². The molecule has 6 nitrogen and oxygen atoms in total. The van der Waals surface area contributed by atoms with Gasteiger partial charge in [-0.15, -0.1) is 0 Å². The molecule has 2 aromatic rings. The molecule has 0 aliphatic heterocycles. The molecule has 26 heavy (non-hydrogen) atoms. The lowest BCUT2D eigenvalue weighted by atomic mass is 10.1. The van der Waals surface area contributed by atoms with Crippen molar-refractivity contribution in [2.45, 2.75) is 40.8 Å². The van der Waals surface area contributed by atoms with E-state index >= 15 is 0 Å². The molecule has 0 saturated heterocycles. The fourth-order valence-electron chi connectivity index (χ4n) is 2.84. The number of amides is 1. The number of carbonyl (C=O) groups is 1. The van der Waals surface area contributed by atoms with E-state index in [1.54, 1.807) is 10.8 Å². The van der Waals surface area contributed by atoms with Crippen molar-refractivity contribution in [3.63, 3.8) is 0 Å². The standard InChI is InChI=1S/C20H28N4O2/c1-6-11-26-19-10-8-9-18(12-19)14-23(7-2)20(25)15(3)13-24-17(5)21-16(4)22-24/h6,8-10,12,15H,1,7,11,13-14H2,2-5H3/t15-/m1/s1. The highest BCUT2D eigenvalue weighted by atomic mass is 16.5. The normalized spacial score (nSPS) is 11.8. The SMILES string of the molecule is C=CCOc1cccc(CN(CC)C(=O)[C@H](C)Cn2nc(C)nc2C)c1. The molecule has 0 saturated carbocycles. The fourth-order valence-corrected chi connectivity index (χ4v) is 2.84. The van der Waals surface area contributed by atoms with Crippen LogP contribution in [0.1, 0.15) is 31.1 Å². The third-order valence-corrected chi connectivity index (χ3v) is 4.16. The van der Waals surface area contributed by atoms with Crippen LogP contribution in [0.5, 0.6) is 5.75 Å². The molecule has 0 unspecified atom stereocenters. The number of rotatable bonds is 9. The Morgan fingerprint density at radius 1 is 1.42 bits per heavy atom. The molecular formula is C20H28N4O2. The average molecular weight is 356 g/mol. The fraction of sp³-hybridized carbons (Fsp3) is 0.450. The molecule has 1 aromatic heterocycles. The zero-order valence-corrected chi connectivity index (χ0v) is 16.1. The Balaban J connectivity index is 2.03. The van der Waals surface area contributed by atoms with Crippen LogP contribution in [0.15, 0.2) is 36.9 Å². The summed E-state index contributed by atoms with van der Waals surface area (Å²) in [6, 6.07) is 7.82. The third kappa shape index (κ3) is 5.18. The first-order chi connectivity index (χ1) is 12.4. The zero-order chi connectivity index (χ0) is 19.1. The largest absolute Gasteiger partial charge is 0.490 e. The Morgan fingerprint density at radius 2 is 2.19 bits per heavy atom. The molecule has 1 amide bonds. The Labute approximate surface area is 155 Å². The van der Waals surface area contributed by atoms with E-state index < -0.39 is 0 Å². The van der Waals surface area contributed by atoms with E-state index in [9.17, 15) is 4.79 Å². The Morgan fingerprint density at radius 3 is 2.81 bits per heavy atom. The zero-order valence-electron chi connectivity index (χ0n) is 16.1. The average Bonchev–Trinajstić information content (AvgIpc) is 2.94. The van der Waals surface area contributed by atoms with Gasteiger partial charge in [-0.2, -0.15) is 5.10 Å². The first-order valence-corrected chi connectivity index (χ1v) is 8.94. The first-order valence-electron chi connectivity index (χ1n) is 8.94. The van der Waals surface area contributed by atoms with E-state index in [-0.39, 0.29) is 11.8 Å². The number of hydrogen-bond donors (Lipinski definition) is 0. The summed E-state index contributed by atoms with van der Waals surface area (Å²) in [6.45, 7) is 13.6. The second-order valence-electron chi connectivity index (χ2n) is 6.39. The highest BCUT2D eigenvalue weighted by Crippen LogP contribution is 2.17. The van der Waals surface area contributed by atoms with Crippen LogP contribution in [0, 0.1) is 19.8 Å². The van der Waals surface area contributed by atoms with Crippen LogP contribution in [0.2, 0.25) is 0 Å². The Hall–Kier alpha value is -2.63. The second kappa shape index (κ2) is 9.17. The number of ether oxygens (including phenoxy) is 1. The highest BCUT2D eigenvalue weighted by Gasteiger charge is 2.21. The van der Waals surface area contributed by atoms with Gasteiger partial charge in [0, 0.05) is 13.1 Å². The summed E-state index contributed by atoms with van der Waals surface area (Å²) in [5.74, 6) is 2.28. The van der Waals surface area contributed by atoms with Crippen molar-refractivity contribution in [3.05, 3.63) is 54.1 Å². The number of benzene rings is 1. The maximum absolute atomic E-state index is 12.9. The predicted molar refractivity (Wildman–Crippen MR) is 102 cm³/mol. The molecule has 6 heteroatoms. The second-order valence-corrected chi connectivity index (χ2v) is 6.39. The van der Waals surface area contributed by atoms with Gasteiger partial charge in [0.25, 0.3) is 0 Å². The van der Waals surface area contributed by atoms with Crippen LogP contribution in [-0.2, 0) is 17.9 Å². The number of hydrogen-bond acceptors (Lipinski definition) is 4. The molecule has 1 atom stereocenters. The number of carbonyl (C=O) groups excluding carboxylic acids is 1. The molecule has 0 fully saturated rings. The van der Waals surface area contributed by atoms with E-state index in [2.05, 4.69) is 16.7 Å². The summed E-state index contributed by atoms with van der Waals surface area (Å²) in [7, 11) is 0. The first kappa shape index (κ1) is 19.7. The molecular weight excluding hydrogens is 328 g/mol. The van der Waals surface area contributed by atoms with Gasteiger partial charge in [-0.05, 0) is 38.5 Å². The van der Waals surface area contributed by atoms with Crippen LogP contribution in [0.4, 0.5) is 0 Å². The summed E-state index contributed by atoms with van der Waals surface area (Å²) in [4.78, 5) is 19.0. The van der Waals surface area contributed by atoms with Gasteiger partial charge in [0.15, 0.2) is 0 Å². The number of aryl methyl sites for hydroxylation is 2. The molecule has 2 rings (SSSR count). The molecule has 1 aromatic carbocycles. The quantitative estimate of drug-likeness (QED) is 0.648. The summed E-state index contributed by atoms with van der Waals surface area (Å²) in [6.07, 6.45) is 1.71. The van der Waals surface area contributed by atoms with Crippen molar-refractivity contribution in [2.24, 2.45) is 5.92 Å². The van der Waals surface area contributed by atoms with E-state index in [0.717, 1.165) is 23.0 Å². The molecule has 0 N–H and O–H groups in total. The van der Waals surface area contributed by atoms with Gasteiger partial charge >= 0.3 is 0 Å². The van der Waals surface area contributed by atoms with Gasteiger partial charge in [-0.25, -0.2) is 9.67 Å². The Bertz CT molecular complexity index is 754. The van der Waals surface area contributed by atoms with E-state index in [1.165, 1.54) is 0 Å². The predicted octanol–water partition coefficient (Wildman–Crippen LogP) is 3.14. The van der Waals surface area contributed by atoms with Crippen LogP contribution in [0.3, 0.4) is 0 Å². The monoisotopic (exact) mass is 356 g/mol.